The lowest BCUT2D eigenvalue weighted by molar-refractivity contribution is 0.630. The van der Waals surface area contributed by atoms with Crippen molar-refractivity contribution in [1.29, 1.82) is 0 Å². The monoisotopic (exact) mass is 477 g/mol. The van der Waals surface area contributed by atoms with Gasteiger partial charge < -0.3 is 0 Å². The second-order valence-corrected chi connectivity index (χ2v) is 7.36. The summed E-state index contributed by atoms with van der Waals surface area (Å²) in [7, 11) is 1.74. The molecule has 0 N–H and O–H groups in total. The minimum Gasteiger partial charge on any atom is -0.296 e. The van der Waals surface area contributed by atoms with Gasteiger partial charge in [0.2, 0.25) is 0 Å². The van der Waals surface area contributed by atoms with Crippen LogP contribution in [0.2, 0.25) is 0 Å². The van der Waals surface area contributed by atoms with E-state index in [4.69, 9.17) is 0 Å². The zero-order chi connectivity index (χ0) is 26.6. The number of rotatable bonds is 6. The quantitative estimate of drug-likeness (QED) is 0.331. The highest BCUT2D eigenvalue weighted by atomic mass is 19.1. The van der Waals surface area contributed by atoms with E-state index in [1.807, 2.05) is 72.0 Å². The Morgan fingerprint density at radius 2 is 1.63 bits per heavy atom. The highest BCUT2D eigenvalue weighted by molar-refractivity contribution is 6.09. The molecule has 0 aliphatic carbocycles. The summed E-state index contributed by atoms with van der Waals surface area (Å²) in [5, 5.41) is 0. The first-order valence-electron chi connectivity index (χ1n) is 12.8. The minimum atomic E-state index is -0.275. The van der Waals surface area contributed by atoms with Crippen LogP contribution in [0.15, 0.2) is 66.1 Å². The summed E-state index contributed by atoms with van der Waals surface area (Å²) in [5.41, 5.74) is 5.97. The Kier molecular flexibility index (Phi) is 17.5. The van der Waals surface area contributed by atoms with Gasteiger partial charge in [0, 0.05) is 48.5 Å². The summed E-state index contributed by atoms with van der Waals surface area (Å²) in [6.07, 6.45) is 13.2. The summed E-state index contributed by atoms with van der Waals surface area (Å²) in [4.78, 5) is 12.8. The van der Waals surface area contributed by atoms with Crippen molar-refractivity contribution in [1.82, 2.24) is 9.97 Å². The Morgan fingerprint density at radius 1 is 0.943 bits per heavy atom. The lowest BCUT2D eigenvalue weighted by Gasteiger charge is -2.08. The van der Waals surface area contributed by atoms with Gasteiger partial charge in [-0.3, -0.25) is 15.0 Å². The Bertz CT molecular complexity index is 1040. The molecule has 0 amide bonds. The molecule has 0 aliphatic heterocycles. The minimum absolute atomic E-state index is 0.275. The Morgan fingerprint density at radius 3 is 2.20 bits per heavy atom. The number of aliphatic imine (C=N–C) groups is 1. The van der Waals surface area contributed by atoms with Gasteiger partial charge in [-0.15, -0.1) is 0 Å². The van der Waals surface area contributed by atoms with Gasteiger partial charge in [0.05, 0.1) is 5.69 Å². The maximum atomic E-state index is 14.2. The van der Waals surface area contributed by atoms with Gasteiger partial charge in [0.1, 0.15) is 5.82 Å². The number of benzene rings is 1. The van der Waals surface area contributed by atoms with Crippen LogP contribution in [-0.4, -0.2) is 23.2 Å². The first-order valence-corrected chi connectivity index (χ1v) is 12.8. The molecule has 3 nitrogen and oxygen atoms in total. The molecule has 0 unspecified atom stereocenters. The third-order valence-corrected chi connectivity index (χ3v) is 4.85. The number of hydrogen-bond acceptors (Lipinski definition) is 3. The molecule has 3 aromatic rings. The van der Waals surface area contributed by atoms with Gasteiger partial charge in [-0.2, -0.15) is 0 Å². The second kappa shape index (κ2) is 19.2. The molecule has 0 saturated heterocycles. The number of aromatic nitrogens is 2. The Hall–Kier alpha value is -3.14. The third kappa shape index (κ3) is 10.8. The zero-order valence-electron chi connectivity index (χ0n) is 23.2. The predicted octanol–water partition coefficient (Wildman–Crippen LogP) is 9.61. The van der Waals surface area contributed by atoms with Gasteiger partial charge in [0.25, 0.3) is 0 Å². The molecule has 35 heavy (non-hydrogen) atoms. The van der Waals surface area contributed by atoms with Gasteiger partial charge in [-0.25, -0.2) is 4.39 Å². The van der Waals surface area contributed by atoms with E-state index in [9.17, 15) is 4.39 Å². The molecule has 0 radical (unpaired) electrons. The second-order valence-electron chi connectivity index (χ2n) is 7.36. The molecule has 0 saturated carbocycles. The first-order chi connectivity index (χ1) is 17.0. The molecule has 4 heteroatoms. The molecular weight excluding hydrogens is 433 g/mol. The fourth-order valence-electron chi connectivity index (χ4n) is 3.16. The lowest BCUT2D eigenvalue weighted by Crippen LogP contribution is -1.92. The summed E-state index contributed by atoms with van der Waals surface area (Å²) < 4.78 is 14.2. The Balaban J connectivity index is 0.00000112. The van der Waals surface area contributed by atoms with E-state index in [1.54, 1.807) is 31.7 Å². The highest BCUT2D eigenvalue weighted by Crippen LogP contribution is 2.28. The third-order valence-electron chi connectivity index (χ3n) is 4.85. The van der Waals surface area contributed by atoms with Crippen LogP contribution in [0.4, 0.5) is 4.39 Å². The molecule has 190 valence electrons. The lowest BCUT2D eigenvalue weighted by atomic mass is 10.0. The fourth-order valence-corrected chi connectivity index (χ4v) is 3.16. The number of halogens is 1. The van der Waals surface area contributed by atoms with E-state index >= 15 is 0 Å². The molecule has 2 heterocycles. The van der Waals surface area contributed by atoms with Crippen molar-refractivity contribution >= 4 is 11.8 Å². The van der Waals surface area contributed by atoms with Gasteiger partial charge in [-0.1, -0.05) is 78.5 Å². The van der Waals surface area contributed by atoms with Gasteiger partial charge in [0.15, 0.2) is 0 Å². The van der Waals surface area contributed by atoms with Crippen LogP contribution in [0.1, 0.15) is 78.9 Å². The number of pyridine rings is 2. The van der Waals surface area contributed by atoms with E-state index in [-0.39, 0.29) is 5.82 Å². The SMILES string of the molecule is C/C=C(\C=NC)c1cncc(-c2ccnc(-c3cc(C)ccc3F)c2)c1.CC.CC.CCCCC. The number of unbranched alkanes of at least 4 members (excludes halogenated alkanes) is 2. The fraction of sp³-hybridized carbons (Fsp3) is 0.387. The maximum Gasteiger partial charge on any atom is 0.132 e. The van der Waals surface area contributed by atoms with E-state index in [2.05, 4.69) is 34.9 Å². The molecule has 0 fully saturated rings. The first kappa shape index (κ1) is 31.9. The van der Waals surface area contributed by atoms with E-state index in [0.29, 0.717) is 11.3 Å². The molecule has 2 aromatic heterocycles. The smallest absolute Gasteiger partial charge is 0.132 e. The van der Waals surface area contributed by atoms with Crippen molar-refractivity contribution < 1.29 is 4.39 Å². The van der Waals surface area contributed by atoms with Crippen molar-refractivity contribution in [3.8, 4) is 22.4 Å². The van der Waals surface area contributed by atoms with Crippen molar-refractivity contribution in [2.45, 2.75) is 74.7 Å². The van der Waals surface area contributed by atoms with Crippen LogP contribution in [0.25, 0.3) is 28.0 Å². The highest BCUT2D eigenvalue weighted by Gasteiger charge is 2.09. The Labute approximate surface area is 213 Å². The van der Waals surface area contributed by atoms with Crippen LogP contribution in [0.3, 0.4) is 0 Å². The summed E-state index contributed by atoms with van der Waals surface area (Å²) in [6, 6.07) is 10.9. The largest absolute Gasteiger partial charge is 0.296 e. The van der Waals surface area contributed by atoms with Crippen molar-refractivity contribution in [2.24, 2.45) is 4.99 Å². The van der Waals surface area contributed by atoms with E-state index in [1.165, 1.54) is 25.3 Å². The van der Waals surface area contributed by atoms with E-state index < -0.39 is 0 Å². The molecule has 3 rings (SSSR count). The number of aryl methyl sites for hydroxylation is 1. The van der Waals surface area contributed by atoms with Crippen molar-refractivity contribution in [3.63, 3.8) is 0 Å². The van der Waals surface area contributed by atoms with Crippen LogP contribution < -0.4 is 0 Å². The number of allylic oxidation sites excluding steroid dienone is 2. The van der Waals surface area contributed by atoms with Crippen LogP contribution in [0.5, 0.6) is 0 Å². The van der Waals surface area contributed by atoms with Crippen LogP contribution >= 0.6 is 0 Å². The average Bonchev–Trinajstić information content (AvgIpc) is 2.92. The van der Waals surface area contributed by atoms with Crippen LogP contribution in [0, 0.1) is 12.7 Å². The van der Waals surface area contributed by atoms with Gasteiger partial charge in [-0.05, 0) is 55.3 Å². The van der Waals surface area contributed by atoms with E-state index in [0.717, 1.165) is 27.8 Å². The van der Waals surface area contributed by atoms with Crippen molar-refractivity contribution in [2.75, 3.05) is 7.05 Å². The molecule has 0 spiro atoms. The zero-order valence-corrected chi connectivity index (χ0v) is 23.2. The van der Waals surface area contributed by atoms with Crippen molar-refractivity contribution in [3.05, 3.63) is 78.0 Å². The topological polar surface area (TPSA) is 38.1 Å². The maximum absolute atomic E-state index is 14.2. The summed E-state index contributed by atoms with van der Waals surface area (Å²) in [6.45, 7) is 16.3. The molecule has 0 atom stereocenters. The molecular formula is C31H44FN3. The molecule has 0 bridgehead atoms. The predicted molar refractivity (Wildman–Crippen MR) is 154 cm³/mol. The molecule has 1 aromatic carbocycles. The normalized spacial score (nSPS) is 10.4. The average molecular weight is 478 g/mol. The van der Waals surface area contributed by atoms with Crippen LogP contribution in [-0.2, 0) is 0 Å². The molecule has 0 aliphatic rings. The summed E-state index contributed by atoms with van der Waals surface area (Å²) >= 11 is 0. The number of hydrogen-bond donors (Lipinski definition) is 0. The summed E-state index contributed by atoms with van der Waals surface area (Å²) in [5.74, 6) is -0.275. The standard InChI is InChI=1S/C22H20FN3.C5H12.2C2H6/c1-4-16(12-24-3)18-10-19(14-25-13-18)17-7-8-26-22(11-17)20-9-15(2)5-6-21(20)23;1-3-5-4-2;2*1-2/h4-14H,1-3H3;3-5H2,1-2H3;2*1-2H3/b16-4+,24-12?;;;. The van der Waals surface area contributed by atoms with Gasteiger partial charge >= 0.3 is 0 Å². The number of nitrogens with zero attached hydrogens (tertiary/aromatic N) is 3.